The number of hydrogen-bond acceptors (Lipinski definition) is 3. The van der Waals surface area contributed by atoms with E-state index in [9.17, 15) is 9.59 Å². The minimum Gasteiger partial charge on any atom is -0.353 e. The molecule has 0 bridgehead atoms. The highest BCUT2D eigenvalue weighted by atomic mass is 16.2. The predicted molar refractivity (Wildman–Crippen MR) is 139 cm³/mol. The Balaban J connectivity index is 1.42. The number of nitrogens with one attached hydrogen (secondary N) is 2. The first-order valence-electron chi connectivity index (χ1n) is 12.5. The predicted octanol–water partition coefficient (Wildman–Crippen LogP) is 4.61. The second-order valence-corrected chi connectivity index (χ2v) is 10.3. The number of hydrogen-bond donors (Lipinski definition) is 2. The summed E-state index contributed by atoms with van der Waals surface area (Å²) in [6.07, 6.45) is 5.52. The molecule has 1 fully saturated rings. The largest absolute Gasteiger partial charge is 0.353 e. The maximum Gasteiger partial charge on any atom is 0.220 e. The van der Waals surface area contributed by atoms with Crippen LogP contribution < -0.4 is 10.6 Å². The Morgan fingerprint density at radius 1 is 0.971 bits per heavy atom. The Bertz CT molecular complexity index is 991. The van der Waals surface area contributed by atoms with Crippen LogP contribution in [-0.2, 0) is 22.6 Å². The van der Waals surface area contributed by atoms with Crippen molar-refractivity contribution in [2.75, 3.05) is 14.1 Å². The summed E-state index contributed by atoms with van der Waals surface area (Å²) >= 11 is 0. The lowest BCUT2D eigenvalue weighted by Crippen LogP contribution is -2.52. The van der Waals surface area contributed by atoms with Gasteiger partial charge < -0.3 is 15.5 Å². The lowest BCUT2D eigenvalue weighted by molar-refractivity contribution is -0.127. The Labute approximate surface area is 205 Å². The first kappa shape index (κ1) is 26.0. The van der Waals surface area contributed by atoms with E-state index in [2.05, 4.69) is 80.7 Å². The smallest absolute Gasteiger partial charge is 0.220 e. The summed E-state index contributed by atoms with van der Waals surface area (Å²) < 4.78 is 0. The first-order valence-corrected chi connectivity index (χ1v) is 12.5. The molecular weight excluding hydrogens is 422 g/mol. The van der Waals surface area contributed by atoms with Gasteiger partial charge in [0.1, 0.15) is 0 Å². The number of carbonyl (C=O) groups excluding carboxylic acids is 2. The second kappa shape index (κ2) is 11.7. The van der Waals surface area contributed by atoms with Crippen LogP contribution in [0.15, 0.2) is 42.5 Å². The Morgan fingerprint density at radius 2 is 1.65 bits per heavy atom. The van der Waals surface area contributed by atoms with Crippen molar-refractivity contribution in [3.63, 3.8) is 0 Å². The molecule has 184 valence electrons. The molecule has 1 aliphatic carbocycles. The van der Waals surface area contributed by atoms with Gasteiger partial charge in [-0.3, -0.25) is 9.59 Å². The van der Waals surface area contributed by atoms with Gasteiger partial charge >= 0.3 is 0 Å². The monoisotopic (exact) mass is 463 g/mol. The summed E-state index contributed by atoms with van der Waals surface area (Å²) in [5.74, 6) is -0.104. The lowest BCUT2D eigenvalue weighted by atomic mass is 9.74. The normalized spacial score (nSPS) is 20.2. The zero-order chi connectivity index (χ0) is 24.7. The van der Waals surface area contributed by atoms with Crippen molar-refractivity contribution in [3.8, 4) is 0 Å². The number of likely N-dealkylation sites (N-methyl/N-ethyl adjacent to an activating group) is 1. The standard InChI is InChI=1S/C29H41N3O2/c1-21-8-6-10-24(18-21)19-29(32(4)5)16-14-26(15-17-29)31-28(34)13-12-27(33)30-20-25-11-7-9-22(2)23(25)3/h6-11,18,26H,12-17,19-20H2,1-5H3,(H,30,33)(H,31,34). The van der Waals surface area contributed by atoms with Gasteiger partial charge in [-0.1, -0.05) is 48.0 Å². The number of aryl methyl sites for hydroxylation is 2. The van der Waals surface area contributed by atoms with E-state index in [-0.39, 0.29) is 36.2 Å². The molecule has 3 rings (SSSR count). The first-order chi connectivity index (χ1) is 16.2. The minimum absolute atomic E-state index is 0.0251. The van der Waals surface area contributed by atoms with Crippen molar-refractivity contribution in [1.29, 1.82) is 0 Å². The SMILES string of the molecule is Cc1cccc(CC2(N(C)C)CCC(NC(=O)CCC(=O)NCc3cccc(C)c3C)CC2)c1. The van der Waals surface area contributed by atoms with Crippen molar-refractivity contribution >= 4 is 11.8 Å². The topological polar surface area (TPSA) is 61.4 Å². The average molecular weight is 464 g/mol. The summed E-state index contributed by atoms with van der Waals surface area (Å²) in [7, 11) is 4.34. The molecule has 2 aromatic rings. The van der Waals surface area contributed by atoms with E-state index in [1.807, 2.05) is 12.1 Å². The number of rotatable bonds is 9. The molecule has 1 aliphatic rings. The molecule has 1 saturated carbocycles. The molecule has 0 aliphatic heterocycles. The molecule has 0 unspecified atom stereocenters. The number of nitrogens with zero attached hydrogens (tertiary/aromatic N) is 1. The highest BCUT2D eigenvalue weighted by molar-refractivity contribution is 5.83. The zero-order valence-electron chi connectivity index (χ0n) is 21.5. The maximum atomic E-state index is 12.5. The van der Waals surface area contributed by atoms with Crippen LogP contribution in [0.1, 0.15) is 66.3 Å². The van der Waals surface area contributed by atoms with Gasteiger partial charge in [-0.2, -0.15) is 0 Å². The van der Waals surface area contributed by atoms with E-state index < -0.39 is 0 Å². The Morgan fingerprint density at radius 3 is 2.32 bits per heavy atom. The van der Waals surface area contributed by atoms with Crippen LogP contribution in [0.25, 0.3) is 0 Å². The molecule has 0 heterocycles. The van der Waals surface area contributed by atoms with Gasteiger partial charge in [-0.15, -0.1) is 0 Å². The van der Waals surface area contributed by atoms with E-state index in [1.165, 1.54) is 22.3 Å². The summed E-state index contributed by atoms with van der Waals surface area (Å²) in [6.45, 7) is 6.79. The van der Waals surface area contributed by atoms with Crippen LogP contribution >= 0.6 is 0 Å². The fraction of sp³-hybridized carbons (Fsp3) is 0.517. The molecule has 0 atom stereocenters. The molecule has 5 heteroatoms. The molecule has 2 N–H and O–H groups in total. The number of carbonyl (C=O) groups is 2. The van der Waals surface area contributed by atoms with Crippen LogP contribution in [0.4, 0.5) is 0 Å². The van der Waals surface area contributed by atoms with Crippen LogP contribution in [0.5, 0.6) is 0 Å². The van der Waals surface area contributed by atoms with Crippen LogP contribution in [0.2, 0.25) is 0 Å². The van der Waals surface area contributed by atoms with Crippen LogP contribution in [-0.4, -0.2) is 42.4 Å². The van der Waals surface area contributed by atoms with Gasteiger partial charge in [0.2, 0.25) is 11.8 Å². The quantitative estimate of drug-likeness (QED) is 0.571. The van der Waals surface area contributed by atoms with Crippen molar-refractivity contribution in [1.82, 2.24) is 15.5 Å². The molecule has 2 aromatic carbocycles. The van der Waals surface area contributed by atoms with Gasteiger partial charge in [0.15, 0.2) is 0 Å². The van der Waals surface area contributed by atoms with Crippen molar-refractivity contribution in [2.45, 2.75) is 83.8 Å². The summed E-state index contributed by atoms with van der Waals surface area (Å²) in [4.78, 5) is 27.1. The van der Waals surface area contributed by atoms with E-state index in [0.717, 1.165) is 37.7 Å². The van der Waals surface area contributed by atoms with Gasteiger partial charge in [0.25, 0.3) is 0 Å². The lowest BCUT2D eigenvalue weighted by Gasteiger charge is -2.45. The highest BCUT2D eigenvalue weighted by Gasteiger charge is 2.37. The second-order valence-electron chi connectivity index (χ2n) is 10.3. The third-order valence-corrected chi connectivity index (χ3v) is 7.62. The van der Waals surface area contributed by atoms with E-state index >= 15 is 0 Å². The van der Waals surface area contributed by atoms with Gasteiger partial charge in [0.05, 0.1) is 0 Å². The van der Waals surface area contributed by atoms with Crippen molar-refractivity contribution < 1.29 is 9.59 Å². The molecule has 2 amide bonds. The maximum absolute atomic E-state index is 12.5. The third kappa shape index (κ3) is 6.92. The molecule has 0 radical (unpaired) electrons. The Hall–Kier alpha value is -2.66. The Kier molecular flexibility index (Phi) is 8.90. The molecule has 0 saturated heterocycles. The number of benzene rings is 2. The van der Waals surface area contributed by atoms with Crippen molar-refractivity contribution in [3.05, 3.63) is 70.3 Å². The van der Waals surface area contributed by atoms with E-state index in [1.54, 1.807) is 0 Å². The summed E-state index contributed by atoms with van der Waals surface area (Å²) in [6, 6.07) is 15.1. The van der Waals surface area contributed by atoms with Gasteiger partial charge in [-0.25, -0.2) is 0 Å². The van der Waals surface area contributed by atoms with E-state index in [0.29, 0.717) is 6.54 Å². The van der Waals surface area contributed by atoms with Crippen molar-refractivity contribution in [2.24, 2.45) is 0 Å². The molecule has 0 spiro atoms. The van der Waals surface area contributed by atoms with Gasteiger partial charge in [0, 0.05) is 31.0 Å². The van der Waals surface area contributed by atoms with Crippen LogP contribution in [0.3, 0.4) is 0 Å². The molecule has 34 heavy (non-hydrogen) atoms. The minimum atomic E-state index is -0.0792. The zero-order valence-corrected chi connectivity index (χ0v) is 21.5. The molecular formula is C29H41N3O2. The third-order valence-electron chi connectivity index (χ3n) is 7.62. The summed E-state index contributed by atoms with van der Waals surface area (Å²) in [5.41, 5.74) is 6.34. The highest BCUT2D eigenvalue weighted by Crippen LogP contribution is 2.35. The molecule has 5 nitrogen and oxygen atoms in total. The van der Waals surface area contributed by atoms with Gasteiger partial charge in [-0.05, 0) is 89.2 Å². The van der Waals surface area contributed by atoms with Crippen LogP contribution in [0, 0.1) is 20.8 Å². The average Bonchev–Trinajstić information content (AvgIpc) is 2.80. The van der Waals surface area contributed by atoms with E-state index in [4.69, 9.17) is 0 Å². The summed E-state index contributed by atoms with van der Waals surface area (Å²) in [5, 5.41) is 6.13. The fourth-order valence-electron chi connectivity index (χ4n) is 5.10. The number of amides is 2. The molecule has 0 aromatic heterocycles. The fourth-order valence-corrected chi connectivity index (χ4v) is 5.10.